The first kappa shape index (κ1) is 23.6. The maximum absolute atomic E-state index is 12.4. The van der Waals surface area contributed by atoms with E-state index in [9.17, 15) is 9.59 Å². The molecular weight excluding hydrogens is 356 g/mol. The number of hydrogen-bond acceptors (Lipinski definition) is 5. The van der Waals surface area contributed by atoms with Gasteiger partial charge in [0.05, 0.1) is 18.4 Å². The fourth-order valence-electron chi connectivity index (χ4n) is 2.39. The van der Waals surface area contributed by atoms with Crippen LogP contribution in [0.5, 0.6) is 0 Å². The predicted octanol–water partition coefficient (Wildman–Crippen LogP) is 4.52. The Hall–Kier alpha value is -0.449. The topological polar surface area (TPSA) is 61.8 Å². The second kappa shape index (κ2) is 8.29. The van der Waals surface area contributed by atoms with Gasteiger partial charge in [-0.3, -0.25) is 9.59 Å². The molecule has 24 heavy (non-hydrogen) atoms. The fraction of sp³-hybridized carbons (Fsp3) is 0.875. The van der Waals surface area contributed by atoms with Crippen molar-refractivity contribution in [1.29, 1.82) is 0 Å². The molecule has 0 aromatic carbocycles. The second-order valence-electron chi connectivity index (χ2n) is 9.28. The quantitative estimate of drug-likeness (QED) is 0.540. The highest BCUT2D eigenvalue weighted by Crippen LogP contribution is 2.31. The SMILES string of the molecule is CCC(CC(=O)O[Si](C)(C)C)(CC(=O)O[Si](C)(C)C)O[Si](C)(C)C. The minimum absolute atomic E-state index is 0.0961. The standard InChI is InChI=1S/C16H36O5Si3/c1-11-16(21-24(8,9)10,12-14(17)19-22(2,3)4)13-15(18)20-23(5,6)7/h11-13H2,1-10H3. The molecule has 0 saturated carbocycles. The molecule has 0 saturated heterocycles. The van der Waals surface area contributed by atoms with Crippen LogP contribution in [-0.4, -0.2) is 42.5 Å². The van der Waals surface area contributed by atoms with Crippen LogP contribution in [0.3, 0.4) is 0 Å². The van der Waals surface area contributed by atoms with E-state index in [2.05, 4.69) is 19.6 Å². The molecule has 0 aromatic heterocycles. The lowest BCUT2D eigenvalue weighted by molar-refractivity contribution is -0.145. The summed E-state index contributed by atoms with van der Waals surface area (Å²) in [5, 5.41) is 0. The Labute approximate surface area is 150 Å². The summed E-state index contributed by atoms with van der Waals surface area (Å²) in [4.78, 5) is 24.8. The van der Waals surface area contributed by atoms with Crippen LogP contribution in [0.15, 0.2) is 0 Å². The maximum Gasteiger partial charge on any atom is 0.295 e. The van der Waals surface area contributed by atoms with Crippen LogP contribution in [0, 0.1) is 0 Å². The molecular formula is C16H36O5Si3. The largest absolute Gasteiger partial charge is 0.520 e. The van der Waals surface area contributed by atoms with Gasteiger partial charge in [-0.25, -0.2) is 0 Å². The molecule has 5 nitrogen and oxygen atoms in total. The molecule has 0 radical (unpaired) electrons. The zero-order chi connectivity index (χ0) is 19.4. The molecule has 0 spiro atoms. The van der Waals surface area contributed by atoms with Gasteiger partial charge in [-0.05, 0) is 65.3 Å². The third-order valence-corrected chi connectivity index (χ3v) is 5.67. The average Bonchev–Trinajstić information content (AvgIpc) is 2.19. The third-order valence-electron chi connectivity index (χ3n) is 2.94. The zero-order valence-corrected chi connectivity index (χ0v) is 20.2. The van der Waals surface area contributed by atoms with Crippen molar-refractivity contribution in [2.24, 2.45) is 0 Å². The van der Waals surface area contributed by atoms with Crippen molar-refractivity contribution in [3.8, 4) is 0 Å². The predicted molar refractivity (Wildman–Crippen MR) is 106 cm³/mol. The van der Waals surface area contributed by atoms with Crippen molar-refractivity contribution in [3.63, 3.8) is 0 Å². The monoisotopic (exact) mass is 392 g/mol. The van der Waals surface area contributed by atoms with Crippen LogP contribution in [0.2, 0.25) is 58.9 Å². The summed E-state index contributed by atoms with van der Waals surface area (Å²) in [6.07, 6.45) is 0.760. The van der Waals surface area contributed by atoms with E-state index in [1.165, 1.54) is 0 Å². The van der Waals surface area contributed by atoms with E-state index in [-0.39, 0.29) is 24.8 Å². The molecule has 0 fully saturated rings. The normalized spacial score (nSPS) is 13.6. The van der Waals surface area contributed by atoms with Gasteiger partial charge in [0.2, 0.25) is 16.6 Å². The Bertz CT molecular complexity index is 414. The van der Waals surface area contributed by atoms with Crippen LogP contribution >= 0.6 is 0 Å². The number of rotatable bonds is 9. The van der Waals surface area contributed by atoms with E-state index in [1.54, 1.807) is 0 Å². The molecule has 0 bridgehead atoms. The van der Waals surface area contributed by atoms with Crippen molar-refractivity contribution in [2.45, 2.75) is 90.7 Å². The molecule has 0 aliphatic rings. The van der Waals surface area contributed by atoms with Gasteiger partial charge in [0.1, 0.15) is 0 Å². The van der Waals surface area contributed by atoms with E-state index >= 15 is 0 Å². The number of carbonyl (C=O) groups is 2. The maximum atomic E-state index is 12.4. The van der Waals surface area contributed by atoms with Crippen LogP contribution in [0.25, 0.3) is 0 Å². The average molecular weight is 393 g/mol. The molecule has 0 unspecified atom stereocenters. The molecule has 0 atom stereocenters. The molecule has 0 rings (SSSR count). The van der Waals surface area contributed by atoms with Crippen molar-refractivity contribution in [1.82, 2.24) is 0 Å². The third kappa shape index (κ3) is 11.2. The molecule has 0 aliphatic carbocycles. The van der Waals surface area contributed by atoms with Gasteiger partial charge in [0, 0.05) is 0 Å². The molecule has 8 heteroatoms. The summed E-state index contributed by atoms with van der Waals surface area (Å²) in [7, 11) is -5.90. The van der Waals surface area contributed by atoms with E-state index in [4.69, 9.17) is 13.3 Å². The van der Waals surface area contributed by atoms with E-state index in [0.717, 1.165) is 0 Å². The van der Waals surface area contributed by atoms with Gasteiger partial charge in [0.25, 0.3) is 11.9 Å². The summed E-state index contributed by atoms with van der Waals surface area (Å²) >= 11 is 0. The molecule has 0 aliphatic heterocycles. The Morgan fingerprint density at radius 3 is 1.25 bits per heavy atom. The highest BCUT2D eigenvalue weighted by Gasteiger charge is 2.41. The Morgan fingerprint density at radius 2 is 1.04 bits per heavy atom. The highest BCUT2D eigenvalue weighted by atomic mass is 28.4. The summed E-state index contributed by atoms with van der Waals surface area (Å²) in [6, 6.07) is 0. The number of carbonyl (C=O) groups excluding carboxylic acids is 2. The molecule has 0 heterocycles. The van der Waals surface area contributed by atoms with Crippen LogP contribution < -0.4 is 0 Å². The second-order valence-corrected chi connectivity index (χ2v) is 22.6. The number of hydrogen-bond donors (Lipinski definition) is 0. The Balaban J connectivity index is 5.34. The van der Waals surface area contributed by atoms with Gasteiger partial charge >= 0.3 is 0 Å². The van der Waals surface area contributed by atoms with Gasteiger partial charge < -0.3 is 13.3 Å². The van der Waals surface area contributed by atoms with E-state index in [0.29, 0.717) is 6.42 Å². The molecule has 0 amide bonds. The fourth-order valence-corrected chi connectivity index (χ4v) is 5.49. The summed E-state index contributed by atoms with van der Waals surface area (Å²) in [5.74, 6) is -0.565. The lowest BCUT2D eigenvalue weighted by Gasteiger charge is -2.38. The van der Waals surface area contributed by atoms with Gasteiger partial charge in [-0.2, -0.15) is 0 Å². The Kier molecular flexibility index (Phi) is 8.13. The first-order valence-electron chi connectivity index (χ1n) is 8.61. The molecule has 0 N–H and O–H groups in total. The van der Waals surface area contributed by atoms with Gasteiger partial charge in [-0.1, -0.05) is 6.92 Å². The van der Waals surface area contributed by atoms with E-state index < -0.39 is 30.6 Å². The van der Waals surface area contributed by atoms with Crippen LogP contribution in [0.4, 0.5) is 0 Å². The van der Waals surface area contributed by atoms with Gasteiger partial charge in [-0.15, -0.1) is 0 Å². The molecule has 142 valence electrons. The highest BCUT2D eigenvalue weighted by molar-refractivity contribution is 6.71. The van der Waals surface area contributed by atoms with Crippen molar-refractivity contribution in [2.75, 3.05) is 0 Å². The minimum Gasteiger partial charge on any atom is -0.520 e. The summed E-state index contributed by atoms with van der Waals surface area (Å²) in [5.41, 5.74) is -0.835. The van der Waals surface area contributed by atoms with Crippen LogP contribution in [-0.2, 0) is 22.9 Å². The van der Waals surface area contributed by atoms with Crippen molar-refractivity contribution < 1.29 is 22.9 Å². The van der Waals surface area contributed by atoms with Crippen LogP contribution in [0.1, 0.15) is 26.2 Å². The Morgan fingerprint density at radius 1 is 0.708 bits per heavy atom. The van der Waals surface area contributed by atoms with Crippen molar-refractivity contribution >= 4 is 36.9 Å². The lowest BCUT2D eigenvalue weighted by Crippen LogP contribution is -2.47. The zero-order valence-electron chi connectivity index (χ0n) is 17.2. The summed E-state index contributed by atoms with van der Waals surface area (Å²) in [6.45, 7) is 19.9. The summed E-state index contributed by atoms with van der Waals surface area (Å²) < 4.78 is 17.5. The van der Waals surface area contributed by atoms with Gasteiger partial charge in [0.15, 0.2) is 8.32 Å². The van der Waals surface area contributed by atoms with E-state index in [1.807, 2.05) is 46.2 Å². The minimum atomic E-state index is -1.97. The first-order chi connectivity index (χ1) is 10.5. The molecule has 0 aromatic rings. The van der Waals surface area contributed by atoms with Crippen molar-refractivity contribution in [3.05, 3.63) is 0 Å². The first-order valence-corrected chi connectivity index (χ1v) is 18.8. The smallest absolute Gasteiger partial charge is 0.295 e. The lowest BCUT2D eigenvalue weighted by atomic mass is 9.93.